The summed E-state index contributed by atoms with van der Waals surface area (Å²) in [4.78, 5) is 27.3. The van der Waals surface area contributed by atoms with Crippen LogP contribution in [0.2, 0.25) is 0 Å². The Bertz CT molecular complexity index is 619. The van der Waals surface area contributed by atoms with Gasteiger partial charge in [-0.05, 0) is 41.0 Å². The molecule has 2 aromatic rings. The van der Waals surface area contributed by atoms with Crippen molar-refractivity contribution in [1.29, 1.82) is 0 Å². The number of H-pyrrole nitrogens is 1. The lowest BCUT2D eigenvalue weighted by molar-refractivity contribution is 0.799. The van der Waals surface area contributed by atoms with Crippen LogP contribution >= 0.6 is 22.6 Å². The number of aromatic amines is 1. The van der Waals surface area contributed by atoms with E-state index in [0.29, 0.717) is 15.2 Å². The first-order chi connectivity index (χ1) is 8.49. The van der Waals surface area contributed by atoms with Gasteiger partial charge in [-0.15, -0.1) is 0 Å². The average molecular weight is 356 g/mol. The van der Waals surface area contributed by atoms with Crippen LogP contribution in [0.1, 0.15) is 31.0 Å². The minimum absolute atomic E-state index is 0.145. The highest BCUT2D eigenvalue weighted by Crippen LogP contribution is 2.18. The first-order valence-electron chi connectivity index (χ1n) is 5.57. The Morgan fingerprint density at radius 2 is 1.89 bits per heavy atom. The number of rotatable bonds is 2. The van der Waals surface area contributed by atoms with E-state index >= 15 is 0 Å². The molecular formula is C12H13IN4O. The van der Waals surface area contributed by atoms with Gasteiger partial charge in [0.2, 0.25) is 0 Å². The van der Waals surface area contributed by atoms with Gasteiger partial charge in [-0.3, -0.25) is 4.79 Å². The van der Waals surface area contributed by atoms with E-state index < -0.39 is 0 Å². The van der Waals surface area contributed by atoms with Gasteiger partial charge in [0.1, 0.15) is 0 Å². The molecule has 18 heavy (non-hydrogen) atoms. The lowest BCUT2D eigenvalue weighted by Gasteiger charge is -2.08. The largest absolute Gasteiger partial charge is 0.303 e. The molecule has 94 valence electrons. The van der Waals surface area contributed by atoms with Crippen molar-refractivity contribution in [3.05, 3.63) is 37.6 Å². The second kappa shape index (κ2) is 5.13. The van der Waals surface area contributed by atoms with Gasteiger partial charge in [0.05, 0.1) is 9.26 Å². The van der Waals surface area contributed by atoms with E-state index in [-0.39, 0.29) is 11.5 Å². The molecule has 0 aliphatic rings. The molecule has 0 bridgehead atoms. The van der Waals surface area contributed by atoms with Crippen LogP contribution < -0.4 is 5.56 Å². The number of halogens is 1. The van der Waals surface area contributed by atoms with Crippen LogP contribution in [0, 0.1) is 10.5 Å². The summed E-state index contributed by atoms with van der Waals surface area (Å²) in [6, 6.07) is 0. The Hall–Kier alpha value is -1.31. The Balaban J connectivity index is 2.59. The van der Waals surface area contributed by atoms with Gasteiger partial charge in [-0.25, -0.2) is 15.0 Å². The molecule has 0 aliphatic heterocycles. The quantitative estimate of drug-likeness (QED) is 0.838. The lowest BCUT2D eigenvalue weighted by atomic mass is 10.1. The zero-order valence-corrected chi connectivity index (χ0v) is 12.5. The van der Waals surface area contributed by atoms with Crippen molar-refractivity contribution < 1.29 is 0 Å². The highest BCUT2D eigenvalue weighted by atomic mass is 127. The third-order valence-electron chi connectivity index (χ3n) is 2.43. The highest BCUT2D eigenvalue weighted by Gasteiger charge is 2.14. The van der Waals surface area contributed by atoms with Crippen LogP contribution in [0.5, 0.6) is 0 Å². The van der Waals surface area contributed by atoms with Gasteiger partial charge in [0.15, 0.2) is 11.6 Å². The van der Waals surface area contributed by atoms with Gasteiger partial charge >= 0.3 is 0 Å². The second-order valence-corrected chi connectivity index (χ2v) is 5.43. The van der Waals surface area contributed by atoms with Crippen LogP contribution in [0.4, 0.5) is 0 Å². The zero-order valence-electron chi connectivity index (χ0n) is 10.4. The minimum Gasteiger partial charge on any atom is -0.303 e. The number of nitrogens with zero attached hydrogens (tertiary/aromatic N) is 3. The monoisotopic (exact) mass is 356 g/mol. The highest BCUT2D eigenvalue weighted by molar-refractivity contribution is 14.1. The SMILES string of the molecule is Cc1cnc(-c2nc(C(C)C)c(I)c(=O)[nH]2)nc1. The molecule has 0 amide bonds. The second-order valence-electron chi connectivity index (χ2n) is 4.35. The maximum Gasteiger partial charge on any atom is 0.264 e. The van der Waals surface area contributed by atoms with Gasteiger partial charge in [0, 0.05) is 12.4 Å². The first kappa shape index (κ1) is 13.1. The maximum absolute atomic E-state index is 11.8. The number of aromatic nitrogens is 4. The topological polar surface area (TPSA) is 71.5 Å². The molecule has 0 aliphatic carbocycles. The molecule has 2 heterocycles. The summed E-state index contributed by atoms with van der Waals surface area (Å²) >= 11 is 2.01. The van der Waals surface area contributed by atoms with E-state index in [1.807, 2.05) is 43.4 Å². The summed E-state index contributed by atoms with van der Waals surface area (Å²) in [7, 11) is 0. The van der Waals surface area contributed by atoms with E-state index in [1.54, 1.807) is 12.4 Å². The number of nitrogens with one attached hydrogen (secondary N) is 1. The molecule has 0 unspecified atom stereocenters. The smallest absolute Gasteiger partial charge is 0.264 e. The van der Waals surface area contributed by atoms with Crippen molar-refractivity contribution in [3.8, 4) is 11.6 Å². The van der Waals surface area contributed by atoms with Crippen molar-refractivity contribution in [2.75, 3.05) is 0 Å². The van der Waals surface area contributed by atoms with Gasteiger partial charge in [-0.1, -0.05) is 13.8 Å². The van der Waals surface area contributed by atoms with Crippen molar-refractivity contribution >= 4 is 22.6 Å². The molecule has 0 saturated heterocycles. The van der Waals surface area contributed by atoms with Gasteiger partial charge in [0.25, 0.3) is 5.56 Å². The lowest BCUT2D eigenvalue weighted by Crippen LogP contribution is -2.17. The van der Waals surface area contributed by atoms with Crippen molar-refractivity contribution in [1.82, 2.24) is 19.9 Å². The van der Waals surface area contributed by atoms with Crippen molar-refractivity contribution in [3.63, 3.8) is 0 Å². The third kappa shape index (κ3) is 2.58. The molecule has 0 aromatic carbocycles. The molecule has 0 radical (unpaired) electrons. The van der Waals surface area contributed by atoms with Crippen LogP contribution in [-0.2, 0) is 0 Å². The van der Waals surface area contributed by atoms with E-state index in [2.05, 4.69) is 19.9 Å². The summed E-state index contributed by atoms with van der Waals surface area (Å²) in [6.45, 7) is 5.92. The molecule has 0 atom stereocenters. The fourth-order valence-corrected chi connectivity index (χ4v) is 2.36. The van der Waals surface area contributed by atoms with Crippen LogP contribution in [-0.4, -0.2) is 19.9 Å². The third-order valence-corrected chi connectivity index (χ3v) is 3.47. The number of hydrogen-bond acceptors (Lipinski definition) is 4. The normalized spacial score (nSPS) is 10.9. The Morgan fingerprint density at radius 3 is 2.44 bits per heavy atom. The summed E-state index contributed by atoms with van der Waals surface area (Å²) in [5.74, 6) is 1.04. The molecule has 0 fully saturated rings. The van der Waals surface area contributed by atoms with E-state index in [0.717, 1.165) is 11.3 Å². The van der Waals surface area contributed by atoms with E-state index in [9.17, 15) is 4.79 Å². The predicted molar refractivity (Wildman–Crippen MR) is 77.4 cm³/mol. The number of aryl methyl sites for hydroxylation is 1. The first-order valence-corrected chi connectivity index (χ1v) is 6.65. The predicted octanol–water partition coefficient (Wildman–Crippen LogP) is 2.26. The van der Waals surface area contributed by atoms with Crippen LogP contribution in [0.15, 0.2) is 17.2 Å². The van der Waals surface area contributed by atoms with E-state index in [4.69, 9.17) is 0 Å². The fraction of sp³-hybridized carbons (Fsp3) is 0.333. The Morgan fingerprint density at radius 1 is 1.28 bits per heavy atom. The minimum atomic E-state index is -0.145. The van der Waals surface area contributed by atoms with Crippen molar-refractivity contribution in [2.45, 2.75) is 26.7 Å². The molecule has 5 nitrogen and oxygen atoms in total. The molecule has 2 rings (SSSR count). The average Bonchev–Trinajstić information content (AvgIpc) is 2.33. The summed E-state index contributed by atoms with van der Waals surface area (Å²) in [6.07, 6.45) is 3.41. The molecule has 0 spiro atoms. The Kier molecular flexibility index (Phi) is 3.74. The molecule has 1 N–H and O–H groups in total. The molecule has 2 aromatic heterocycles. The zero-order chi connectivity index (χ0) is 13.3. The van der Waals surface area contributed by atoms with Gasteiger partial charge in [-0.2, -0.15) is 0 Å². The van der Waals surface area contributed by atoms with E-state index in [1.165, 1.54) is 0 Å². The van der Waals surface area contributed by atoms with Crippen LogP contribution in [0.25, 0.3) is 11.6 Å². The summed E-state index contributed by atoms with van der Waals surface area (Å²) in [5, 5.41) is 0. The number of hydrogen-bond donors (Lipinski definition) is 1. The van der Waals surface area contributed by atoms with Crippen LogP contribution in [0.3, 0.4) is 0 Å². The van der Waals surface area contributed by atoms with Gasteiger partial charge < -0.3 is 4.98 Å². The summed E-state index contributed by atoms with van der Waals surface area (Å²) < 4.78 is 0.624. The molecule has 0 saturated carbocycles. The molecule has 6 heteroatoms. The maximum atomic E-state index is 11.8. The summed E-state index contributed by atoms with van der Waals surface area (Å²) in [5.41, 5.74) is 1.60. The standard InChI is InChI=1S/C12H13IN4O/c1-6(2)9-8(13)12(18)17-11(16-9)10-14-4-7(3)5-15-10/h4-6H,1-3H3,(H,16,17,18). The van der Waals surface area contributed by atoms with Crippen molar-refractivity contribution in [2.24, 2.45) is 0 Å². The molecular weight excluding hydrogens is 343 g/mol. The Labute approximate surface area is 118 Å². The fourth-order valence-electron chi connectivity index (χ4n) is 1.48.